The van der Waals surface area contributed by atoms with Crippen molar-refractivity contribution in [2.45, 2.75) is 6.42 Å². The molecule has 4 heteroatoms. The van der Waals surface area contributed by atoms with E-state index in [0.29, 0.717) is 13.0 Å². The maximum atomic E-state index is 10.8. The van der Waals surface area contributed by atoms with E-state index < -0.39 is 5.97 Å². The number of carboxylic acids is 1. The molecule has 80 valence electrons. The van der Waals surface area contributed by atoms with E-state index in [1.54, 1.807) is 7.11 Å². The van der Waals surface area contributed by atoms with Crippen LogP contribution in [0.1, 0.15) is 5.56 Å². The van der Waals surface area contributed by atoms with E-state index in [9.17, 15) is 4.79 Å². The van der Waals surface area contributed by atoms with Gasteiger partial charge in [0, 0.05) is 12.2 Å². The second-order valence-corrected chi connectivity index (χ2v) is 3.64. The third kappa shape index (κ3) is 1.88. The molecule has 0 spiro atoms. The van der Waals surface area contributed by atoms with Crippen LogP contribution < -0.4 is 10.1 Å². The quantitative estimate of drug-likeness (QED) is 0.768. The molecule has 1 heterocycles. The maximum Gasteiger partial charge on any atom is 0.308 e. The molecule has 1 aliphatic rings. The zero-order valence-corrected chi connectivity index (χ0v) is 8.49. The lowest BCUT2D eigenvalue weighted by Gasteiger charge is -2.23. The van der Waals surface area contributed by atoms with Gasteiger partial charge >= 0.3 is 5.97 Å². The first-order valence-corrected chi connectivity index (χ1v) is 4.84. The highest BCUT2D eigenvalue weighted by Crippen LogP contribution is 2.28. The van der Waals surface area contributed by atoms with Crippen molar-refractivity contribution in [2.75, 3.05) is 19.0 Å². The van der Waals surface area contributed by atoms with Gasteiger partial charge in [-0.05, 0) is 30.2 Å². The Morgan fingerprint density at radius 2 is 2.40 bits per heavy atom. The predicted molar refractivity (Wildman–Crippen MR) is 56.3 cm³/mol. The molecule has 0 aromatic heterocycles. The zero-order valence-electron chi connectivity index (χ0n) is 8.49. The van der Waals surface area contributed by atoms with Crippen molar-refractivity contribution in [2.24, 2.45) is 5.92 Å². The summed E-state index contributed by atoms with van der Waals surface area (Å²) in [6.07, 6.45) is 0.564. The largest absolute Gasteiger partial charge is 0.497 e. The summed E-state index contributed by atoms with van der Waals surface area (Å²) in [6.45, 7) is 0.495. The summed E-state index contributed by atoms with van der Waals surface area (Å²) in [5.41, 5.74) is 2.02. The topological polar surface area (TPSA) is 58.6 Å². The van der Waals surface area contributed by atoms with Crippen LogP contribution in [0.4, 0.5) is 5.69 Å². The van der Waals surface area contributed by atoms with E-state index >= 15 is 0 Å². The van der Waals surface area contributed by atoms with Gasteiger partial charge in [0.2, 0.25) is 0 Å². The normalized spacial score (nSPS) is 18.9. The molecule has 1 aromatic carbocycles. The maximum absolute atomic E-state index is 10.8. The zero-order chi connectivity index (χ0) is 10.8. The molecule has 15 heavy (non-hydrogen) atoms. The van der Waals surface area contributed by atoms with Crippen molar-refractivity contribution in [3.05, 3.63) is 23.8 Å². The fourth-order valence-electron chi connectivity index (χ4n) is 1.78. The van der Waals surface area contributed by atoms with Gasteiger partial charge < -0.3 is 15.2 Å². The highest BCUT2D eigenvalue weighted by Gasteiger charge is 2.23. The lowest BCUT2D eigenvalue weighted by molar-refractivity contribution is -0.141. The predicted octanol–water partition coefficient (Wildman–Crippen LogP) is 1.36. The number of rotatable bonds is 2. The van der Waals surface area contributed by atoms with E-state index in [4.69, 9.17) is 9.84 Å². The van der Waals surface area contributed by atoms with Crippen molar-refractivity contribution in [1.29, 1.82) is 0 Å². The minimum atomic E-state index is -0.754. The van der Waals surface area contributed by atoms with Gasteiger partial charge in [-0.25, -0.2) is 0 Å². The van der Waals surface area contributed by atoms with Crippen LogP contribution in [0.2, 0.25) is 0 Å². The summed E-state index contributed by atoms with van der Waals surface area (Å²) in [5.74, 6) is -0.331. The molecule has 4 nitrogen and oxygen atoms in total. The Labute approximate surface area is 87.9 Å². The number of nitrogens with one attached hydrogen (secondary N) is 1. The first-order chi connectivity index (χ1) is 7.20. The number of hydrogen-bond donors (Lipinski definition) is 2. The Morgan fingerprint density at radius 3 is 3.07 bits per heavy atom. The van der Waals surface area contributed by atoms with Crippen molar-refractivity contribution in [3.8, 4) is 5.75 Å². The minimum Gasteiger partial charge on any atom is -0.497 e. The van der Waals surface area contributed by atoms with Gasteiger partial charge in [-0.3, -0.25) is 4.79 Å². The first-order valence-electron chi connectivity index (χ1n) is 4.84. The molecule has 0 saturated carbocycles. The van der Waals surface area contributed by atoms with Crippen LogP contribution in [-0.2, 0) is 11.2 Å². The highest BCUT2D eigenvalue weighted by atomic mass is 16.5. The van der Waals surface area contributed by atoms with Crippen molar-refractivity contribution >= 4 is 11.7 Å². The summed E-state index contributed by atoms with van der Waals surface area (Å²) in [6, 6.07) is 5.68. The number of hydrogen-bond acceptors (Lipinski definition) is 3. The van der Waals surface area contributed by atoms with Gasteiger partial charge in [0.25, 0.3) is 0 Å². The molecule has 0 saturated heterocycles. The smallest absolute Gasteiger partial charge is 0.308 e. The molecule has 0 radical (unpaired) electrons. The summed E-state index contributed by atoms with van der Waals surface area (Å²) in [7, 11) is 1.60. The number of aliphatic carboxylic acids is 1. The van der Waals surface area contributed by atoms with E-state index in [-0.39, 0.29) is 5.92 Å². The van der Waals surface area contributed by atoms with Crippen LogP contribution in [0.5, 0.6) is 5.75 Å². The molecule has 0 amide bonds. The Kier molecular flexibility index (Phi) is 2.49. The summed E-state index contributed by atoms with van der Waals surface area (Å²) < 4.78 is 5.10. The number of benzene rings is 1. The van der Waals surface area contributed by atoms with Crippen molar-refractivity contribution < 1.29 is 14.6 Å². The summed E-state index contributed by atoms with van der Waals surface area (Å²) in [4.78, 5) is 10.8. The molecule has 1 unspecified atom stereocenters. The van der Waals surface area contributed by atoms with Crippen molar-refractivity contribution in [3.63, 3.8) is 0 Å². The van der Waals surface area contributed by atoms with E-state index in [2.05, 4.69) is 5.32 Å². The summed E-state index contributed by atoms with van der Waals surface area (Å²) >= 11 is 0. The van der Waals surface area contributed by atoms with Gasteiger partial charge in [-0.2, -0.15) is 0 Å². The average Bonchev–Trinajstić information content (AvgIpc) is 2.27. The van der Waals surface area contributed by atoms with E-state index in [1.165, 1.54) is 0 Å². The van der Waals surface area contributed by atoms with Crippen LogP contribution in [0, 0.1) is 5.92 Å². The number of methoxy groups -OCH3 is 1. The molecule has 2 rings (SSSR count). The van der Waals surface area contributed by atoms with E-state index in [0.717, 1.165) is 17.0 Å². The van der Waals surface area contributed by atoms with Crippen molar-refractivity contribution in [1.82, 2.24) is 0 Å². The molecular weight excluding hydrogens is 194 g/mol. The molecular formula is C11H13NO3. The number of ether oxygens (including phenoxy) is 1. The van der Waals surface area contributed by atoms with Crippen LogP contribution in [0.15, 0.2) is 18.2 Å². The van der Waals surface area contributed by atoms with Crippen LogP contribution in [0.25, 0.3) is 0 Å². The van der Waals surface area contributed by atoms with Gasteiger partial charge in [0.15, 0.2) is 0 Å². The summed E-state index contributed by atoms with van der Waals surface area (Å²) in [5, 5.41) is 12.0. The average molecular weight is 207 g/mol. The Balaban J connectivity index is 2.27. The Bertz CT molecular complexity index is 389. The molecule has 1 aliphatic heterocycles. The fraction of sp³-hybridized carbons (Fsp3) is 0.364. The van der Waals surface area contributed by atoms with E-state index in [1.807, 2.05) is 18.2 Å². The fourth-order valence-corrected chi connectivity index (χ4v) is 1.78. The highest BCUT2D eigenvalue weighted by molar-refractivity contribution is 5.73. The molecule has 1 atom stereocenters. The molecule has 0 fully saturated rings. The lowest BCUT2D eigenvalue weighted by atomic mass is 9.94. The minimum absolute atomic E-state index is 0.343. The van der Waals surface area contributed by atoms with Crippen LogP contribution >= 0.6 is 0 Å². The number of carboxylic acid groups (broad SMARTS) is 1. The monoisotopic (exact) mass is 207 g/mol. The Hall–Kier alpha value is -1.71. The number of carbonyl (C=O) groups is 1. The molecule has 2 N–H and O–H groups in total. The van der Waals surface area contributed by atoms with Gasteiger partial charge in [0.1, 0.15) is 5.75 Å². The molecule has 0 bridgehead atoms. The van der Waals surface area contributed by atoms with Crippen LogP contribution in [0.3, 0.4) is 0 Å². The third-order valence-electron chi connectivity index (χ3n) is 2.67. The van der Waals surface area contributed by atoms with Gasteiger partial charge in [0.05, 0.1) is 13.0 Å². The van der Waals surface area contributed by atoms with Gasteiger partial charge in [-0.1, -0.05) is 0 Å². The molecule has 0 aliphatic carbocycles. The standard InChI is InChI=1S/C11H13NO3/c1-15-9-2-3-10-7(5-9)4-8(6-12-10)11(13)14/h2-3,5,8,12H,4,6H2,1H3,(H,13,14). The molecule has 1 aromatic rings. The Morgan fingerprint density at radius 1 is 1.60 bits per heavy atom. The second-order valence-electron chi connectivity index (χ2n) is 3.64. The third-order valence-corrected chi connectivity index (χ3v) is 2.67. The number of fused-ring (bicyclic) bond motifs is 1. The SMILES string of the molecule is COc1ccc2c(c1)CC(C(=O)O)CN2. The van der Waals surface area contributed by atoms with Crippen LogP contribution in [-0.4, -0.2) is 24.7 Å². The lowest BCUT2D eigenvalue weighted by Crippen LogP contribution is -2.29. The number of anilines is 1. The van der Waals surface area contributed by atoms with Gasteiger partial charge in [-0.15, -0.1) is 0 Å². The second kappa shape index (κ2) is 3.81. The first kappa shape index (κ1) is 9.83.